The maximum Gasteiger partial charge on any atom is 0.354 e. The molecule has 0 aliphatic carbocycles. The van der Waals surface area contributed by atoms with E-state index in [9.17, 15) is 19.1 Å². The molecular weight excluding hydrogens is 279 g/mol. The summed E-state index contributed by atoms with van der Waals surface area (Å²) >= 11 is 0. The van der Waals surface area contributed by atoms with Crippen molar-refractivity contribution in [2.45, 2.75) is 25.8 Å². The van der Waals surface area contributed by atoms with Gasteiger partial charge in [-0.1, -0.05) is 0 Å². The minimum Gasteiger partial charge on any atom is -0.479 e. The number of halogens is 1. The molecule has 0 amide bonds. The van der Waals surface area contributed by atoms with Crippen molar-refractivity contribution in [1.82, 2.24) is 0 Å². The first kappa shape index (κ1) is 15.0. The lowest BCUT2D eigenvalue weighted by molar-refractivity contribution is -0.142. The normalized spacial score (nSPS) is 21.1. The van der Waals surface area contributed by atoms with Gasteiger partial charge in [0.15, 0.2) is 5.54 Å². The molecule has 2 rings (SSSR count). The lowest BCUT2D eigenvalue weighted by Crippen LogP contribution is -2.47. The van der Waals surface area contributed by atoms with Crippen LogP contribution in [-0.2, 0) is 14.3 Å². The fourth-order valence-electron chi connectivity index (χ4n) is 2.09. The molecule has 0 spiro atoms. The van der Waals surface area contributed by atoms with Crippen molar-refractivity contribution < 1.29 is 23.8 Å². The number of carboxylic acids is 1. The van der Waals surface area contributed by atoms with Gasteiger partial charge in [0.2, 0.25) is 0 Å². The second kappa shape index (κ2) is 5.51. The van der Waals surface area contributed by atoms with Gasteiger partial charge in [-0.15, -0.1) is 0 Å². The second-order valence-electron chi connectivity index (χ2n) is 4.81. The van der Waals surface area contributed by atoms with Crippen LogP contribution in [-0.4, -0.2) is 34.9 Å². The molecule has 1 N–H and O–H groups in total. The van der Waals surface area contributed by atoms with E-state index < -0.39 is 23.3 Å². The molecule has 6 nitrogen and oxygen atoms in total. The SMILES string of the molecule is CCOC(=O)C1=NN(c2ccc(F)cc2)[C@](C)(C(=O)O)C1. The molecule has 1 aliphatic heterocycles. The summed E-state index contributed by atoms with van der Waals surface area (Å²) in [5, 5.41) is 14.7. The number of carbonyl (C=O) groups excluding carboxylic acids is 1. The molecule has 0 aromatic heterocycles. The van der Waals surface area contributed by atoms with Crippen molar-refractivity contribution in [3.05, 3.63) is 30.1 Å². The predicted octanol–water partition coefficient (Wildman–Crippen LogP) is 1.80. The van der Waals surface area contributed by atoms with Crippen molar-refractivity contribution >= 4 is 23.3 Å². The Hall–Kier alpha value is -2.44. The maximum absolute atomic E-state index is 13.0. The molecule has 0 fully saturated rings. The number of aliphatic carboxylic acids is 1. The number of hydrazone groups is 1. The number of esters is 1. The van der Waals surface area contributed by atoms with E-state index in [1.165, 1.54) is 36.2 Å². The molecule has 1 atom stereocenters. The first-order chi connectivity index (χ1) is 9.88. The van der Waals surface area contributed by atoms with Crippen LogP contribution in [0.1, 0.15) is 20.3 Å². The molecule has 0 radical (unpaired) electrons. The third-order valence-corrected chi connectivity index (χ3v) is 3.24. The molecule has 0 saturated carbocycles. The van der Waals surface area contributed by atoms with E-state index in [4.69, 9.17) is 4.74 Å². The van der Waals surface area contributed by atoms with E-state index in [2.05, 4.69) is 5.10 Å². The molecule has 112 valence electrons. The molecule has 1 heterocycles. The summed E-state index contributed by atoms with van der Waals surface area (Å²) in [4.78, 5) is 23.3. The second-order valence-corrected chi connectivity index (χ2v) is 4.81. The Labute approximate surface area is 120 Å². The van der Waals surface area contributed by atoms with Gasteiger partial charge < -0.3 is 9.84 Å². The maximum atomic E-state index is 13.0. The Morgan fingerprint density at radius 1 is 1.43 bits per heavy atom. The number of nitrogens with zero attached hydrogens (tertiary/aromatic N) is 2. The molecule has 1 aromatic carbocycles. The average molecular weight is 294 g/mol. The van der Waals surface area contributed by atoms with Gasteiger partial charge in [0, 0.05) is 6.42 Å². The summed E-state index contributed by atoms with van der Waals surface area (Å²) in [5.41, 5.74) is -0.994. The number of rotatable bonds is 4. The van der Waals surface area contributed by atoms with Gasteiger partial charge in [-0.25, -0.2) is 19.0 Å². The van der Waals surface area contributed by atoms with Crippen LogP contribution in [0.2, 0.25) is 0 Å². The lowest BCUT2D eigenvalue weighted by atomic mass is 9.95. The first-order valence-corrected chi connectivity index (χ1v) is 6.42. The van der Waals surface area contributed by atoms with Crippen LogP contribution in [0.4, 0.5) is 10.1 Å². The number of hydrogen-bond donors (Lipinski definition) is 1. The minimum atomic E-state index is -1.42. The van der Waals surface area contributed by atoms with E-state index in [1.807, 2.05) is 0 Å². The molecule has 0 unspecified atom stereocenters. The summed E-state index contributed by atoms with van der Waals surface area (Å²) < 4.78 is 17.8. The topological polar surface area (TPSA) is 79.2 Å². The lowest BCUT2D eigenvalue weighted by Gasteiger charge is -2.29. The zero-order valence-electron chi connectivity index (χ0n) is 11.7. The van der Waals surface area contributed by atoms with E-state index in [1.54, 1.807) is 6.92 Å². The Bertz CT molecular complexity index is 599. The first-order valence-electron chi connectivity index (χ1n) is 6.42. The number of carbonyl (C=O) groups is 2. The zero-order chi connectivity index (χ0) is 15.6. The van der Waals surface area contributed by atoms with E-state index in [0.29, 0.717) is 5.69 Å². The van der Waals surface area contributed by atoms with Gasteiger partial charge in [-0.3, -0.25) is 0 Å². The summed E-state index contributed by atoms with van der Waals surface area (Å²) in [6.45, 7) is 3.29. The molecule has 1 aliphatic rings. The summed E-state index contributed by atoms with van der Waals surface area (Å²) in [6.07, 6.45) is -0.0848. The van der Waals surface area contributed by atoms with Crippen molar-refractivity contribution in [1.29, 1.82) is 0 Å². The van der Waals surface area contributed by atoms with Gasteiger partial charge in [0.25, 0.3) is 0 Å². The summed E-state index contributed by atoms with van der Waals surface area (Å²) in [6, 6.07) is 5.23. The predicted molar refractivity (Wildman–Crippen MR) is 73.6 cm³/mol. The van der Waals surface area contributed by atoms with Gasteiger partial charge in [0.1, 0.15) is 11.5 Å². The molecule has 7 heteroatoms. The Balaban J connectivity index is 2.40. The Morgan fingerprint density at radius 2 is 2.05 bits per heavy atom. The summed E-state index contributed by atoms with van der Waals surface area (Å²) in [5.74, 6) is -2.21. The minimum absolute atomic E-state index is 0.0334. The van der Waals surface area contributed by atoms with E-state index in [-0.39, 0.29) is 18.7 Å². The zero-order valence-corrected chi connectivity index (χ0v) is 11.7. The molecule has 21 heavy (non-hydrogen) atoms. The summed E-state index contributed by atoms with van der Waals surface area (Å²) in [7, 11) is 0. The Morgan fingerprint density at radius 3 is 2.57 bits per heavy atom. The van der Waals surface area contributed by atoms with Crippen LogP contribution >= 0.6 is 0 Å². The highest BCUT2D eigenvalue weighted by Gasteiger charge is 2.48. The fraction of sp³-hybridized carbons (Fsp3) is 0.357. The standard InChI is InChI=1S/C14H15FN2O4/c1-3-21-12(18)11-8-14(2,13(19)20)17(16-11)10-6-4-9(15)5-7-10/h4-7H,3,8H2,1-2H3,(H,19,20)/t14-/m0/s1. The monoisotopic (exact) mass is 294 g/mol. The van der Waals surface area contributed by atoms with Gasteiger partial charge in [-0.05, 0) is 38.1 Å². The van der Waals surface area contributed by atoms with Crippen LogP contribution in [0.3, 0.4) is 0 Å². The highest BCUT2D eigenvalue weighted by molar-refractivity contribution is 6.38. The van der Waals surface area contributed by atoms with Crippen LogP contribution in [0.5, 0.6) is 0 Å². The van der Waals surface area contributed by atoms with Gasteiger partial charge in [-0.2, -0.15) is 5.10 Å². The number of hydrogen-bond acceptors (Lipinski definition) is 5. The van der Waals surface area contributed by atoms with Crippen LogP contribution in [0.25, 0.3) is 0 Å². The van der Waals surface area contributed by atoms with Gasteiger partial charge >= 0.3 is 11.9 Å². The fourth-order valence-corrected chi connectivity index (χ4v) is 2.09. The molecule has 0 saturated heterocycles. The van der Waals surface area contributed by atoms with E-state index in [0.717, 1.165) is 0 Å². The number of ether oxygens (including phenoxy) is 1. The quantitative estimate of drug-likeness (QED) is 0.857. The number of carboxylic acid groups (broad SMARTS) is 1. The Kier molecular flexibility index (Phi) is 3.93. The van der Waals surface area contributed by atoms with Crippen molar-refractivity contribution in [2.24, 2.45) is 5.10 Å². The largest absolute Gasteiger partial charge is 0.479 e. The molecule has 1 aromatic rings. The van der Waals surface area contributed by atoms with Crippen molar-refractivity contribution in [3.8, 4) is 0 Å². The highest BCUT2D eigenvalue weighted by Crippen LogP contribution is 2.33. The van der Waals surface area contributed by atoms with Crippen molar-refractivity contribution in [3.63, 3.8) is 0 Å². The van der Waals surface area contributed by atoms with Crippen LogP contribution in [0, 0.1) is 5.82 Å². The van der Waals surface area contributed by atoms with Crippen LogP contribution in [0.15, 0.2) is 29.4 Å². The van der Waals surface area contributed by atoms with Crippen molar-refractivity contribution in [2.75, 3.05) is 11.6 Å². The molecule has 0 bridgehead atoms. The highest BCUT2D eigenvalue weighted by atomic mass is 19.1. The third-order valence-electron chi connectivity index (χ3n) is 3.24. The number of benzene rings is 1. The average Bonchev–Trinajstić information content (AvgIpc) is 2.80. The third kappa shape index (κ3) is 2.72. The van der Waals surface area contributed by atoms with E-state index >= 15 is 0 Å². The molecular formula is C14H15FN2O4. The van der Waals surface area contributed by atoms with Crippen LogP contribution < -0.4 is 5.01 Å². The smallest absolute Gasteiger partial charge is 0.354 e. The van der Waals surface area contributed by atoms with Gasteiger partial charge in [0.05, 0.1) is 12.3 Å². The number of anilines is 1.